The van der Waals surface area contributed by atoms with Crippen molar-refractivity contribution in [2.24, 2.45) is 0 Å². The normalized spacial score (nSPS) is 15.9. The van der Waals surface area contributed by atoms with Crippen LogP contribution in [0.3, 0.4) is 0 Å². The van der Waals surface area contributed by atoms with E-state index in [0.29, 0.717) is 11.3 Å². The first-order valence-corrected chi connectivity index (χ1v) is 6.32. The van der Waals surface area contributed by atoms with Gasteiger partial charge in [-0.2, -0.15) is 0 Å². The quantitative estimate of drug-likeness (QED) is 0.663. The van der Waals surface area contributed by atoms with Crippen LogP contribution in [0.2, 0.25) is 0 Å². The Morgan fingerprint density at radius 3 is 2.65 bits per heavy atom. The lowest BCUT2D eigenvalue weighted by atomic mass is 10.1. The van der Waals surface area contributed by atoms with Gasteiger partial charge in [-0.05, 0) is 25.3 Å². The molecule has 1 saturated heterocycles. The summed E-state index contributed by atoms with van der Waals surface area (Å²) in [6.07, 6.45) is 4.84. The lowest BCUT2D eigenvalue weighted by molar-refractivity contribution is 0.0719. The van der Waals surface area contributed by atoms with Gasteiger partial charge in [-0.15, -0.1) is 11.6 Å². The molecule has 0 aromatic carbocycles. The Bertz CT molecular complexity index is 422. The first-order valence-electron chi connectivity index (χ1n) is 5.79. The molecular weight excluding hydrogens is 240 g/mol. The molecule has 0 radical (unpaired) electrons. The average Bonchev–Trinajstić information content (AvgIpc) is 2.87. The first-order chi connectivity index (χ1) is 8.22. The highest BCUT2D eigenvalue weighted by Gasteiger charge is 2.20. The van der Waals surface area contributed by atoms with E-state index in [1.165, 1.54) is 6.42 Å². The van der Waals surface area contributed by atoms with Crippen molar-refractivity contribution in [1.82, 2.24) is 9.88 Å². The van der Waals surface area contributed by atoms with Crippen molar-refractivity contribution in [2.45, 2.75) is 19.3 Å². The van der Waals surface area contributed by atoms with Gasteiger partial charge in [0.25, 0.3) is 5.91 Å². The van der Waals surface area contributed by atoms with Gasteiger partial charge in [0.15, 0.2) is 5.78 Å². The molecule has 1 aromatic heterocycles. The largest absolute Gasteiger partial charge is 0.356 e. The summed E-state index contributed by atoms with van der Waals surface area (Å²) < 4.78 is 0. The van der Waals surface area contributed by atoms with Crippen LogP contribution in [-0.2, 0) is 0 Å². The van der Waals surface area contributed by atoms with Gasteiger partial charge in [0.2, 0.25) is 0 Å². The SMILES string of the molecule is O=C(CCl)c1c[nH]c(C(=O)N2CCCCC2)c1. The molecular formula is C12H15ClN2O2. The Labute approximate surface area is 105 Å². The van der Waals surface area contributed by atoms with Gasteiger partial charge in [0.1, 0.15) is 5.69 Å². The van der Waals surface area contributed by atoms with Crippen molar-refractivity contribution >= 4 is 23.3 Å². The number of hydrogen-bond acceptors (Lipinski definition) is 2. The highest BCUT2D eigenvalue weighted by Crippen LogP contribution is 2.13. The number of aromatic nitrogens is 1. The van der Waals surface area contributed by atoms with E-state index < -0.39 is 0 Å². The molecule has 92 valence electrons. The lowest BCUT2D eigenvalue weighted by Gasteiger charge is -2.26. The number of piperidine rings is 1. The summed E-state index contributed by atoms with van der Waals surface area (Å²) in [4.78, 5) is 28.1. The van der Waals surface area contributed by atoms with Crippen LogP contribution in [0, 0.1) is 0 Å². The molecule has 1 aliphatic rings. The van der Waals surface area contributed by atoms with Gasteiger partial charge in [0.05, 0.1) is 5.88 Å². The number of likely N-dealkylation sites (tertiary alicyclic amines) is 1. The predicted molar refractivity (Wildman–Crippen MR) is 65.6 cm³/mol. The van der Waals surface area contributed by atoms with Gasteiger partial charge < -0.3 is 9.88 Å². The summed E-state index contributed by atoms with van der Waals surface area (Å²) in [6, 6.07) is 1.58. The minimum atomic E-state index is -0.166. The Morgan fingerprint density at radius 2 is 2.00 bits per heavy atom. The van der Waals surface area contributed by atoms with Crippen molar-refractivity contribution in [3.05, 3.63) is 23.5 Å². The number of nitrogens with zero attached hydrogens (tertiary/aromatic N) is 1. The van der Waals surface area contributed by atoms with Crippen LogP contribution in [0.25, 0.3) is 0 Å². The number of rotatable bonds is 3. The predicted octanol–water partition coefficient (Wildman–Crippen LogP) is 2.06. The number of ketones is 1. The van der Waals surface area contributed by atoms with Gasteiger partial charge >= 0.3 is 0 Å². The molecule has 1 aromatic rings. The summed E-state index contributed by atoms with van der Waals surface area (Å²) in [5, 5.41) is 0. The first kappa shape index (κ1) is 12.2. The van der Waals surface area contributed by atoms with E-state index in [4.69, 9.17) is 11.6 Å². The minimum absolute atomic E-state index is 0.0293. The van der Waals surface area contributed by atoms with Crippen molar-refractivity contribution in [3.63, 3.8) is 0 Å². The summed E-state index contributed by atoms with van der Waals surface area (Å²) in [6.45, 7) is 1.60. The lowest BCUT2D eigenvalue weighted by Crippen LogP contribution is -2.35. The second-order valence-corrected chi connectivity index (χ2v) is 4.48. The van der Waals surface area contributed by atoms with Crippen molar-refractivity contribution in [2.75, 3.05) is 19.0 Å². The smallest absolute Gasteiger partial charge is 0.270 e. The molecule has 1 fully saturated rings. The van der Waals surface area contributed by atoms with Gasteiger partial charge in [-0.25, -0.2) is 0 Å². The van der Waals surface area contributed by atoms with E-state index >= 15 is 0 Å². The zero-order valence-electron chi connectivity index (χ0n) is 9.54. The third kappa shape index (κ3) is 2.69. The van der Waals surface area contributed by atoms with E-state index in [0.717, 1.165) is 25.9 Å². The number of carbonyl (C=O) groups excluding carboxylic acids is 2. The Balaban J connectivity index is 2.08. The molecule has 1 amide bonds. The molecule has 0 aliphatic carbocycles. The van der Waals surface area contributed by atoms with Gasteiger partial charge in [0, 0.05) is 24.8 Å². The molecule has 1 aliphatic heterocycles. The maximum Gasteiger partial charge on any atom is 0.270 e. The second-order valence-electron chi connectivity index (χ2n) is 4.21. The minimum Gasteiger partial charge on any atom is -0.356 e. The topological polar surface area (TPSA) is 53.2 Å². The maximum absolute atomic E-state index is 12.1. The highest BCUT2D eigenvalue weighted by molar-refractivity contribution is 6.30. The molecule has 0 bridgehead atoms. The molecule has 2 rings (SSSR count). The van der Waals surface area contributed by atoms with E-state index in [9.17, 15) is 9.59 Å². The number of alkyl halides is 1. The number of nitrogens with one attached hydrogen (secondary N) is 1. The van der Waals surface area contributed by atoms with Crippen LogP contribution in [-0.4, -0.2) is 40.5 Å². The van der Waals surface area contributed by atoms with Crippen LogP contribution in [0.15, 0.2) is 12.3 Å². The third-order valence-corrected chi connectivity index (χ3v) is 3.24. The van der Waals surface area contributed by atoms with Gasteiger partial charge in [-0.1, -0.05) is 0 Å². The number of carbonyl (C=O) groups is 2. The zero-order valence-corrected chi connectivity index (χ0v) is 10.3. The standard InChI is InChI=1S/C12H15ClN2O2/c13-7-11(16)9-6-10(14-8-9)12(17)15-4-2-1-3-5-15/h6,8,14H,1-5,7H2. The Morgan fingerprint density at radius 1 is 1.29 bits per heavy atom. The molecule has 17 heavy (non-hydrogen) atoms. The zero-order chi connectivity index (χ0) is 12.3. The van der Waals surface area contributed by atoms with E-state index in [1.807, 2.05) is 4.90 Å². The molecule has 4 nitrogen and oxygen atoms in total. The molecule has 0 atom stereocenters. The van der Waals surface area contributed by atoms with Gasteiger partial charge in [-0.3, -0.25) is 9.59 Å². The fourth-order valence-corrected chi connectivity index (χ4v) is 2.18. The highest BCUT2D eigenvalue weighted by atomic mass is 35.5. The fourth-order valence-electron chi connectivity index (χ4n) is 2.02. The molecule has 0 unspecified atom stereocenters. The summed E-state index contributed by atoms with van der Waals surface area (Å²) in [5.74, 6) is -0.256. The van der Waals surface area contributed by atoms with Crippen LogP contribution < -0.4 is 0 Å². The summed E-state index contributed by atoms with van der Waals surface area (Å²) in [7, 11) is 0. The van der Waals surface area contributed by atoms with E-state index in [1.54, 1.807) is 12.3 Å². The van der Waals surface area contributed by atoms with Crippen LogP contribution in [0.4, 0.5) is 0 Å². The number of H-pyrrole nitrogens is 1. The molecule has 0 saturated carbocycles. The maximum atomic E-state index is 12.1. The Kier molecular flexibility index (Phi) is 3.84. The van der Waals surface area contributed by atoms with Crippen molar-refractivity contribution in [1.29, 1.82) is 0 Å². The number of amides is 1. The number of halogens is 1. The fraction of sp³-hybridized carbons (Fsp3) is 0.500. The third-order valence-electron chi connectivity index (χ3n) is 3.00. The second kappa shape index (κ2) is 5.36. The van der Waals surface area contributed by atoms with E-state index in [-0.39, 0.29) is 17.6 Å². The average molecular weight is 255 g/mol. The molecule has 2 heterocycles. The van der Waals surface area contributed by atoms with E-state index in [2.05, 4.69) is 4.98 Å². The monoisotopic (exact) mass is 254 g/mol. The number of aromatic amines is 1. The van der Waals surface area contributed by atoms with Crippen molar-refractivity contribution < 1.29 is 9.59 Å². The van der Waals surface area contributed by atoms with Crippen LogP contribution in [0.1, 0.15) is 40.1 Å². The number of Topliss-reactive ketones (excluding diaryl/α,β-unsaturated/α-hetero) is 1. The number of hydrogen-bond donors (Lipinski definition) is 1. The Hall–Kier alpha value is -1.29. The van der Waals surface area contributed by atoms with Crippen molar-refractivity contribution in [3.8, 4) is 0 Å². The van der Waals surface area contributed by atoms with Crippen LogP contribution in [0.5, 0.6) is 0 Å². The summed E-state index contributed by atoms with van der Waals surface area (Å²) in [5.41, 5.74) is 0.945. The molecule has 5 heteroatoms. The molecule has 0 spiro atoms. The summed E-state index contributed by atoms with van der Waals surface area (Å²) >= 11 is 5.47. The van der Waals surface area contributed by atoms with Crippen LogP contribution >= 0.6 is 11.6 Å². The molecule has 1 N–H and O–H groups in total.